The molecule has 1 amide bonds. The zero-order valence-corrected chi connectivity index (χ0v) is 17.9. The van der Waals surface area contributed by atoms with Crippen LogP contribution in [0.1, 0.15) is 87.1 Å². The molecule has 0 spiro atoms. The van der Waals surface area contributed by atoms with Gasteiger partial charge in [0.05, 0.1) is 23.0 Å². The van der Waals surface area contributed by atoms with E-state index in [0.29, 0.717) is 5.91 Å². The number of likely N-dealkylation sites (tertiary alicyclic amines) is 1. The van der Waals surface area contributed by atoms with Crippen LogP contribution in [-0.4, -0.2) is 32.5 Å². The van der Waals surface area contributed by atoms with Crippen molar-refractivity contribution in [2.24, 2.45) is 5.92 Å². The molecule has 2 aromatic heterocycles. The standard InChI is InChI=1S/C23H32N4O2/c1-4-9-20-24-14-18(22-15(2)16(3)26-29-22)21(25-20)19-12-8-13-27(19)23(28)17-10-6-5-7-11-17/h14,17,19H,4-13H2,1-3H3. The lowest BCUT2D eigenvalue weighted by molar-refractivity contribution is -0.137. The molecule has 1 saturated heterocycles. The molecule has 0 N–H and O–H groups in total. The smallest absolute Gasteiger partial charge is 0.226 e. The molecule has 0 aromatic carbocycles. The summed E-state index contributed by atoms with van der Waals surface area (Å²) in [4.78, 5) is 25.0. The lowest BCUT2D eigenvalue weighted by Crippen LogP contribution is -2.37. The van der Waals surface area contributed by atoms with Crippen LogP contribution < -0.4 is 0 Å². The zero-order valence-electron chi connectivity index (χ0n) is 17.9. The fourth-order valence-corrected chi connectivity index (χ4v) is 4.77. The number of nitrogens with zero attached hydrogens (tertiary/aromatic N) is 4. The maximum absolute atomic E-state index is 13.4. The summed E-state index contributed by atoms with van der Waals surface area (Å²) in [6.07, 6.45) is 11.3. The fourth-order valence-electron chi connectivity index (χ4n) is 4.77. The van der Waals surface area contributed by atoms with Crippen molar-refractivity contribution >= 4 is 5.91 Å². The van der Waals surface area contributed by atoms with E-state index in [1.54, 1.807) is 0 Å². The molecule has 29 heavy (non-hydrogen) atoms. The summed E-state index contributed by atoms with van der Waals surface area (Å²) in [5.41, 5.74) is 3.71. The van der Waals surface area contributed by atoms with Crippen LogP contribution in [0.2, 0.25) is 0 Å². The Morgan fingerprint density at radius 2 is 1.97 bits per heavy atom. The molecule has 2 fully saturated rings. The summed E-state index contributed by atoms with van der Waals surface area (Å²) in [5, 5.41) is 4.14. The molecule has 6 nitrogen and oxygen atoms in total. The summed E-state index contributed by atoms with van der Waals surface area (Å²) in [6.45, 7) is 6.92. The van der Waals surface area contributed by atoms with Crippen LogP contribution in [0.3, 0.4) is 0 Å². The van der Waals surface area contributed by atoms with Gasteiger partial charge < -0.3 is 9.42 Å². The first-order valence-corrected chi connectivity index (χ1v) is 11.2. The first-order chi connectivity index (χ1) is 14.1. The van der Waals surface area contributed by atoms with Crippen molar-refractivity contribution in [1.29, 1.82) is 0 Å². The van der Waals surface area contributed by atoms with Crippen LogP contribution >= 0.6 is 0 Å². The summed E-state index contributed by atoms with van der Waals surface area (Å²) in [6, 6.07) is 0.00263. The normalized spacial score (nSPS) is 20.4. The van der Waals surface area contributed by atoms with Crippen LogP contribution in [0.15, 0.2) is 10.7 Å². The van der Waals surface area contributed by atoms with E-state index < -0.39 is 0 Å². The third-order valence-electron chi connectivity index (χ3n) is 6.55. The molecule has 1 saturated carbocycles. The van der Waals surface area contributed by atoms with Gasteiger partial charge in [0.25, 0.3) is 0 Å². The Kier molecular flexibility index (Phi) is 5.97. The van der Waals surface area contributed by atoms with Gasteiger partial charge in [-0.1, -0.05) is 31.3 Å². The molecule has 1 aliphatic heterocycles. The fraction of sp³-hybridized carbons (Fsp3) is 0.652. The average Bonchev–Trinajstić information content (AvgIpc) is 3.36. The van der Waals surface area contributed by atoms with E-state index in [0.717, 1.165) is 79.2 Å². The average molecular weight is 397 g/mol. The summed E-state index contributed by atoms with van der Waals surface area (Å²) >= 11 is 0. The maximum Gasteiger partial charge on any atom is 0.226 e. The van der Waals surface area contributed by atoms with Crippen molar-refractivity contribution in [2.75, 3.05) is 6.54 Å². The van der Waals surface area contributed by atoms with Crippen molar-refractivity contribution in [3.8, 4) is 11.3 Å². The number of carbonyl (C=O) groups is 1. The summed E-state index contributed by atoms with van der Waals surface area (Å²) in [5.74, 6) is 2.08. The van der Waals surface area contributed by atoms with Gasteiger partial charge in [0, 0.05) is 30.6 Å². The predicted octanol–water partition coefficient (Wildman–Crippen LogP) is 4.94. The van der Waals surface area contributed by atoms with E-state index in [9.17, 15) is 4.79 Å². The number of amides is 1. The van der Waals surface area contributed by atoms with Gasteiger partial charge in [-0.05, 0) is 46.0 Å². The van der Waals surface area contributed by atoms with Gasteiger partial charge in [0.2, 0.25) is 5.91 Å². The minimum atomic E-state index is 0.00263. The highest BCUT2D eigenvalue weighted by atomic mass is 16.5. The minimum Gasteiger partial charge on any atom is -0.356 e. The highest BCUT2D eigenvalue weighted by molar-refractivity contribution is 5.80. The highest BCUT2D eigenvalue weighted by Crippen LogP contribution is 2.39. The number of carbonyl (C=O) groups excluding carboxylic acids is 1. The first kappa shape index (κ1) is 20.0. The van der Waals surface area contributed by atoms with Crippen molar-refractivity contribution in [1.82, 2.24) is 20.0 Å². The molecular formula is C23H32N4O2. The second kappa shape index (κ2) is 8.64. The first-order valence-electron chi connectivity index (χ1n) is 11.2. The van der Waals surface area contributed by atoms with Gasteiger partial charge >= 0.3 is 0 Å². The Morgan fingerprint density at radius 1 is 1.17 bits per heavy atom. The molecule has 3 heterocycles. The zero-order chi connectivity index (χ0) is 20.4. The number of hydrogen-bond acceptors (Lipinski definition) is 5. The van der Waals surface area contributed by atoms with Gasteiger partial charge in [0.15, 0.2) is 5.76 Å². The lowest BCUT2D eigenvalue weighted by Gasteiger charge is -2.31. The van der Waals surface area contributed by atoms with Crippen molar-refractivity contribution in [3.63, 3.8) is 0 Å². The largest absolute Gasteiger partial charge is 0.356 e. The van der Waals surface area contributed by atoms with Crippen LogP contribution in [-0.2, 0) is 11.2 Å². The Morgan fingerprint density at radius 3 is 2.66 bits per heavy atom. The predicted molar refractivity (Wildman–Crippen MR) is 111 cm³/mol. The van der Waals surface area contributed by atoms with Gasteiger partial charge in [-0.15, -0.1) is 0 Å². The van der Waals surface area contributed by atoms with Crippen LogP contribution in [0, 0.1) is 19.8 Å². The molecule has 0 radical (unpaired) electrons. The number of aryl methyl sites for hydroxylation is 2. The molecule has 1 unspecified atom stereocenters. The molecule has 2 aromatic rings. The van der Waals surface area contributed by atoms with Gasteiger partial charge in [-0.3, -0.25) is 4.79 Å². The Hall–Kier alpha value is -2.24. The van der Waals surface area contributed by atoms with E-state index >= 15 is 0 Å². The number of aromatic nitrogens is 3. The topological polar surface area (TPSA) is 72.1 Å². The SMILES string of the molecule is CCCc1ncc(-c2onc(C)c2C)c(C2CCCN2C(=O)C2CCCCC2)n1. The van der Waals surface area contributed by atoms with E-state index in [-0.39, 0.29) is 12.0 Å². The molecule has 1 atom stereocenters. The van der Waals surface area contributed by atoms with E-state index in [1.807, 2.05) is 20.0 Å². The quantitative estimate of drug-likeness (QED) is 0.715. The highest BCUT2D eigenvalue weighted by Gasteiger charge is 2.37. The second-order valence-electron chi connectivity index (χ2n) is 8.58. The summed E-state index contributed by atoms with van der Waals surface area (Å²) in [7, 11) is 0. The third-order valence-corrected chi connectivity index (χ3v) is 6.55. The molecule has 0 bridgehead atoms. The monoisotopic (exact) mass is 396 g/mol. The third kappa shape index (κ3) is 3.94. The van der Waals surface area contributed by atoms with Gasteiger partial charge in [-0.2, -0.15) is 0 Å². The molecule has 2 aliphatic rings. The Balaban J connectivity index is 1.72. The van der Waals surface area contributed by atoms with Crippen LogP contribution in [0.5, 0.6) is 0 Å². The molecule has 4 rings (SSSR count). The maximum atomic E-state index is 13.4. The van der Waals surface area contributed by atoms with E-state index in [4.69, 9.17) is 9.51 Å². The molecule has 6 heteroatoms. The van der Waals surface area contributed by atoms with Crippen molar-refractivity contribution in [3.05, 3.63) is 29.0 Å². The number of rotatable bonds is 5. The van der Waals surface area contributed by atoms with Gasteiger partial charge in [-0.25, -0.2) is 9.97 Å². The Labute approximate surface area is 173 Å². The van der Waals surface area contributed by atoms with E-state index in [1.165, 1.54) is 19.3 Å². The van der Waals surface area contributed by atoms with E-state index in [2.05, 4.69) is 22.0 Å². The molecular weight excluding hydrogens is 364 g/mol. The molecule has 156 valence electrons. The van der Waals surface area contributed by atoms with Crippen molar-refractivity contribution < 1.29 is 9.32 Å². The summed E-state index contributed by atoms with van der Waals surface area (Å²) < 4.78 is 5.66. The second-order valence-corrected chi connectivity index (χ2v) is 8.58. The Bertz CT molecular complexity index is 870. The molecule has 1 aliphatic carbocycles. The van der Waals surface area contributed by atoms with Crippen LogP contribution in [0.4, 0.5) is 0 Å². The van der Waals surface area contributed by atoms with Crippen LogP contribution in [0.25, 0.3) is 11.3 Å². The van der Waals surface area contributed by atoms with Crippen molar-refractivity contribution in [2.45, 2.75) is 84.6 Å². The number of hydrogen-bond donors (Lipinski definition) is 0. The minimum absolute atomic E-state index is 0.00263. The lowest BCUT2D eigenvalue weighted by atomic mass is 9.88. The van der Waals surface area contributed by atoms with Gasteiger partial charge in [0.1, 0.15) is 5.82 Å².